The normalized spacial score (nSPS) is 27.9. The van der Waals surface area contributed by atoms with Crippen LogP contribution in [0.4, 0.5) is 4.39 Å². The lowest BCUT2D eigenvalue weighted by Gasteiger charge is -2.22. The van der Waals surface area contributed by atoms with Gasteiger partial charge in [-0.05, 0) is 61.8 Å². The van der Waals surface area contributed by atoms with Gasteiger partial charge < -0.3 is 10.2 Å². The predicted octanol–water partition coefficient (Wildman–Crippen LogP) is 2.78. The number of carbonyl (C=O) groups excluding carboxylic acids is 1. The third kappa shape index (κ3) is 3.49. The molecule has 0 aromatic heterocycles. The molecule has 0 spiro atoms. The summed E-state index contributed by atoms with van der Waals surface area (Å²) in [5.41, 5.74) is 1.08. The maximum absolute atomic E-state index is 13.2. The highest BCUT2D eigenvalue weighted by Crippen LogP contribution is 2.41. The SMILES string of the molecule is CN(C)C(=O)[C@H]1C[C@@H](NCC2CC2)C[C@@H]1c1ccc(F)cc1. The summed E-state index contributed by atoms with van der Waals surface area (Å²) in [4.78, 5) is 14.2. The van der Waals surface area contributed by atoms with Gasteiger partial charge in [0.2, 0.25) is 5.91 Å². The minimum absolute atomic E-state index is 0.00263. The van der Waals surface area contributed by atoms with Crippen LogP contribution in [0, 0.1) is 17.7 Å². The molecule has 0 radical (unpaired) electrons. The van der Waals surface area contributed by atoms with E-state index in [9.17, 15) is 9.18 Å². The lowest BCUT2D eigenvalue weighted by molar-refractivity contribution is -0.133. The van der Waals surface area contributed by atoms with Gasteiger partial charge in [-0.1, -0.05) is 12.1 Å². The lowest BCUT2D eigenvalue weighted by atomic mass is 9.88. The molecule has 2 saturated carbocycles. The Bertz CT molecular complexity index is 524. The van der Waals surface area contributed by atoms with Gasteiger partial charge >= 0.3 is 0 Å². The molecule has 1 N–H and O–H groups in total. The minimum atomic E-state index is -0.222. The monoisotopic (exact) mass is 304 g/mol. The fourth-order valence-corrected chi connectivity index (χ4v) is 3.54. The zero-order valence-electron chi connectivity index (χ0n) is 13.4. The third-order valence-electron chi connectivity index (χ3n) is 5.01. The van der Waals surface area contributed by atoms with Crippen molar-refractivity contribution in [2.75, 3.05) is 20.6 Å². The fraction of sp³-hybridized carbons (Fsp3) is 0.611. The predicted molar refractivity (Wildman–Crippen MR) is 85.1 cm³/mol. The number of rotatable bonds is 5. The molecule has 3 nitrogen and oxygen atoms in total. The topological polar surface area (TPSA) is 32.3 Å². The molecular weight excluding hydrogens is 279 g/mol. The second-order valence-electron chi connectivity index (χ2n) is 7.02. The van der Waals surface area contributed by atoms with E-state index in [2.05, 4.69) is 5.32 Å². The van der Waals surface area contributed by atoms with Gasteiger partial charge in [0, 0.05) is 26.1 Å². The van der Waals surface area contributed by atoms with Crippen LogP contribution in [0.15, 0.2) is 24.3 Å². The molecule has 3 atom stereocenters. The molecule has 1 amide bonds. The highest BCUT2D eigenvalue weighted by molar-refractivity contribution is 5.80. The van der Waals surface area contributed by atoms with Crippen LogP contribution in [-0.4, -0.2) is 37.5 Å². The molecule has 0 aliphatic heterocycles. The summed E-state index contributed by atoms with van der Waals surface area (Å²) in [5.74, 6) is 0.989. The molecule has 2 aliphatic carbocycles. The molecule has 1 aromatic rings. The third-order valence-corrected chi connectivity index (χ3v) is 5.01. The van der Waals surface area contributed by atoms with Gasteiger partial charge in [-0.3, -0.25) is 4.79 Å². The molecule has 3 rings (SSSR count). The quantitative estimate of drug-likeness (QED) is 0.907. The number of nitrogens with zero attached hydrogens (tertiary/aromatic N) is 1. The number of benzene rings is 1. The lowest BCUT2D eigenvalue weighted by Crippen LogP contribution is -2.32. The summed E-state index contributed by atoms with van der Waals surface area (Å²) in [7, 11) is 3.63. The minimum Gasteiger partial charge on any atom is -0.349 e. The van der Waals surface area contributed by atoms with E-state index in [0.717, 1.165) is 30.9 Å². The van der Waals surface area contributed by atoms with Crippen molar-refractivity contribution in [2.45, 2.75) is 37.6 Å². The largest absolute Gasteiger partial charge is 0.349 e. The Morgan fingerprint density at radius 1 is 1.23 bits per heavy atom. The van der Waals surface area contributed by atoms with E-state index in [4.69, 9.17) is 0 Å². The highest BCUT2D eigenvalue weighted by atomic mass is 19.1. The van der Waals surface area contributed by atoms with E-state index in [1.165, 1.54) is 25.0 Å². The standard InChI is InChI=1S/C18H25FN2O/c1-21(2)18(22)17-10-15(20-11-12-3-4-12)9-16(17)13-5-7-14(19)8-6-13/h5-8,12,15-17,20H,3-4,9-11H2,1-2H3/t15-,16+,17-/m0/s1. The molecule has 22 heavy (non-hydrogen) atoms. The molecular formula is C18H25FN2O. The van der Waals surface area contributed by atoms with Crippen molar-refractivity contribution in [1.29, 1.82) is 0 Å². The molecule has 0 heterocycles. The Morgan fingerprint density at radius 2 is 1.91 bits per heavy atom. The molecule has 120 valence electrons. The van der Waals surface area contributed by atoms with Crippen LogP contribution in [0.25, 0.3) is 0 Å². The average molecular weight is 304 g/mol. The Morgan fingerprint density at radius 3 is 2.50 bits per heavy atom. The smallest absolute Gasteiger partial charge is 0.225 e. The number of nitrogens with one attached hydrogen (secondary N) is 1. The van der Waals surface area contributed by atoms with Crippen molar-refractivity contribution in [1.82, 2.24) is 10.2 Å². The van der Waals surface area contributed by atoms with Crippen LogP contribution in [0.3, 0.4) is 0 Å². The number of carbonyl (C=O) groups is 1. The molecule has 2 fully saturated rings. The molecule has 4 heteroatoms. The van der Waals surface area contributed by atoms with Crippen LogP contribution >= 0.6 is 0 Å². The Hall–Kier alpha value is -1.42. The molecule has 0 bridgehead atoms. The van der Waals surface area contributed by atoms with Gasteiger partial charge in [-0.2, -0.15) is 0 Å². The summed E-state index contributed by atoms with van der Waals surface area (Å²) >= 11 is 0. The zero-order chi connectivity index (χ0) is 15.7. The van der Waals surface area contributed by atoms with Crippen molar-refractivity contribution in [3.8, 4) is 0 Å². The zero-order valence-corrected chi connectivity index (χ0v) is 13.4. The van der Waals surface area contributed by atoms with Crippen molar-refractivity contribution >= 4 is 5.91 Å². The van der Waals surface area contributed by atoms with Crippen molar-refractivity contribution in [3.63, 3.8) is 0 Å². The van der Waals surface area contributed by atoms with Crippen LogP contribution in [0.2, 0.25) is 0 Å². The summed E-state index contributed by atoms with van der Waals surface area (Å²) < 4.78 is 13.2. The fourth-order valence-electron chi connectivity index (χ4n) is 3.54. The number of halogens is 1. The van der Waals surface area contributed by atoms with Gasteiger partial charge in [-0.15, -0.1) is 0 Å². The number of hydrogen-bond donors (Lipinski definition) is 1. The van der Waals surface area contributed by atoms with Crippen LogP contribution in [-0.2, 0) is 4.79 Å². The van der Waals surface area contributed by atoms with Crippen molar-refractivity contribution in [3.05, 3.63) is 35.6 Å². The van der Waals surface area contributed by atoms with E-state index in [-0.39, 0.29) is 23.6 Å². The van der Waals surface area contributed by atoms with Crippen LogP contribution in [0.1, 0.15) is 37.2 Å². The van der Waals surface area contributed by atoms with Crippen LogP contribution in [0.5, 0.6) is 0 Å². The second kappa shape index (κ2) is 6.37. The van der Waals surface area contributed by atoms with Gasteiger partial charge in [0.05, 0.1) is 0 Å². The Balaban J connectivity index is 1.73. The first kappa shape index (κ1) is 15.5. The maximum Gasteiger partial charge on any atom is 0.225 e. The van der Waals surface area contributed by atoms with Crippen molar-refractivity contribution in [2.24, 2.45) is 11.8 Å². The van der Waals surface area contributed by atoms with E-state index < -0.39 is 0 Å². The number of hydrogen-bond acceptors (Lipinski definition) is 2. The Labute approximate surface area is 131 Å². The maximum atomic E-state index is 13.2. The summed E-state index contributed by atoms with van der Waals surface area (Å²) in [6, 6.07) is 7.05. The van der Waals surface area contributed by atoms with Gasteiger partial charge in [0.1, 0.15) is 5.82 Å². The summed E-state index contributed by atoms with van der Waals surface area (Å²) in [5, 5.41) is 3.63. The summed E-state index contributed by atoms with van der Waals surface area (Å²) in [6.07, 6.45) is 4.51. The molecule has 1 aromatic carbocycles. The summed E-state index contributed by atoms with van der Waals surface area (Å²) in [6.45, 7) is 1.07. The first-order valence-electron chi connectivity index (χ1n) is 8.24. The highest BCUT2D eigenvalue weighted by Gasteiger charge is 2.40. The second-order valence-corrected chi connectivity index (χ2v) is 7.02. The first-order valence-corrected chi connectivity index (χ1v) is 8.24. The van der Waals surface area contributed by atoms with Gasteiger partial charge in [0.25, 0.3) is 0 Å². The molecule has 2 aliphatic rings. The van der Waals surface area contributed by atoms with E-state index in [1.807, 2.05) is 26.2 Å². The van der Waals surface area contributed by atoms with E-state index >= 15 is 0 Å². The number of amides is 1. The molecule has 0 unspecified atom stereocenters. The van der Waals surface area contributed by atoms with Gasteiger partial charge in [0.15, 0.2) is 0 Å². The molecule has 0 saturated heterocycles. The van der Waals surface area contributed by atoms with Crippen LogP contribution < -0.4 is 5.32 Å². The first-order chi connectivity index (χ1) is 10.5. The van der Waals surface area contributed by atoms with E-state index in [1.54, 1.807) is 4.90 Å². The van der Waals surface area contributed by atoms with E-state index in [0.29, 0.717) is 6.04 Å². The Kier molecular flexibility index (Phi) is 4.48. The van der Waals surface area contributed by atoms with Crippen molar-refractivity contribution < 1.29 is 9.18 Å². The van der Waals surface area contributed by atoms with Gasteiger partial charge in [-0.25, -0.2) is 4.39 Å². The average Bonchev–Trinajstić information content (AvgIpc) is 3.24.